The first-order chi connectivity index (χ1) is 7.32. The highest BCUT2D eigenvalue weighted by Crippen LogP contribution is 2.42. The zero-order valence-electron chi connectivity index (χ0n) is 8.49. The summed E-state index contributed by atoms with van der Waals surface area (Å²) < 4.78 is -1.68. The lowest BCUT2D eigenvalue weighted by Crippen LogP contribution is -2.25. The van der Waals surface area contributed by atoms with Crippen LogP contribution in [0.5, 0.6) is 0 Å². The fourth-order valence-corrected chi connectivity index (χ4v) is 2.06. The van der Waals surface area contributed by atoms with E-state index in [1.54, 1.807) is 12.1 Å². The van der Waals surface area contributed by atoms with Crippen LogP contribution in [0.2, 0.25) is 0 Å². The number of hydrogen-bond acceptors (Lipinski definition) is 2. The Kier molecular flexibility index (Phi) is 4.42. The van der Waals surface area contributed by atoms with Crippen molar-refractivity contribution in [3.05, 3.63) is 45.5 Å². The first kappa shape index (κ1) is 13.6. The number of benzene rings is 1. The van der Waals surface area contributed by atoms with E-state index in [1.807, 2.05) is 19.1 Å². The Balaban J connectivity index is 3.12. The maximum absolute atomic E-state index is 10.6. The molecule has 0 aromatic heterocycles. The molecule has 1 aromatic carbocycles. The van der Waals surface area contributed by atoms with Gasteiger partial charge >= 0.3 is 0 Å². The van der Waals surface area contributed by atoms with Crippen molar-refractivity contribution in [2.75, 3.05) is 6.54 Å². The monoisotopic (exact) mass is 281 g/mol. The van der Waals surface area contributed by atoms with Gasteiger partial charge in [0.25, 0.3) is 0 Å². The molecule has 0 N–H and O–H groups in total. The lowest BCUT2D eigenvalue weighted by atomic mass is 9.96. The number of halogens is 3. The van der Waals surface area contributed by atoms with Crippen LogP contribution in [0.1, 0.15) is 17.0 Å². The van der Waals surface area contributed by atoms with Gasteiger partial charge in [0.1, 0.15) is 0 Å². The standard InChI is InChI=1S/C10H10Cl3NO2/c1-7-4-2-3-5-8(7)9(6-14(15)16)10(11,12)13/h2-5,9H,6H2,1H3/t9-/m0/s1. The third-order valence-electron chi connectivity index (χ3n) is 2.29. The zero-order chi connectivity index (χ0) is 12.3. The number of nitro groups is 1. The van der Waals surface area contributed by atoms with Crippen LogP contribution >= 0.6 is 34.8 Å². The van der Waals surface area contributed by atoms with E-state index in [4.69, 9.17) is 34.8 Å². The highest BCUT2D eigenvalue weighted by atomic mass is 35.6. The summed E-state index contributed by atoms with van der Waals surface area (Å²) in [6.07, 6.45) is 0. The Morgan fingerprint density at radius 3 is 2.38 bits per heavy atom. The van der Waals surface area contributed by atoms with Crippen LogP contribution in [0.3, 0.4) is 0 Å². The van der Waals surface area contributed by atoms with Gasteiger partial charge in [-0.2, -0.15) is 0 Å². The summed E-state index contributed by atoms with van der Waals surface area (Å²) >= 11 is 17.3. The molecule has 3 nitrogen and oxygen atoms in total. The van der Waals surface area contributed by atoms with E-state index in [2.05, 4.69) is 0 Å². The molecule has 0 fully saturated rings. The topological polar surface area (TPSA) is 43.1 Å². The maximum atomic E-state index is 10.6. The Labute approximate surface area is 108 Å². The van der Waals surface area contributed by atoms with Crippen LogP contribution in [0.15, 0.2) is 24.3 Å². The summed E-state index contributed by atoms with van der Waals surface area (Å²) in [5.74, 6) is -0.742. The summed E-state index contributed by atoms with van der Waals surface area (Å²) in [6, 6.07) is 7.18. The fraction of sp³-hybridized carbons (Fsp3) is 0.400. The molecule has 0 saturated carbocycles. The second-order valence-electron chi connectivity index (χ2n) is 3.47. The first-order valence-electron chi connectivity index (χ1n) is 4.56. The van der Waals surface area contributed by atoms with Crippen LogP contribution in [0.4, 0.5) is 0 Å². The molecule has 0 unspecified atom stereocenters. The van der Waals surface area contributed by atoms with E-state index in [0.717, 1.165) is 5.56 Å². The molecule has 0 aliphatic carbocycles. The molecular formula is C10H10Cl3NO2. The fourth-order valence-electron chi connectivity index (χ4n) is 1.51. The summed E-state index contributed by atoms with van der Waals surface area (Å²) in [5.41, 5.74) is 1.57. The quantitative estimate of drug-likeness (QED) is 0.482. The molecule has 0 aliphatic heterocycles. The Morgan fingerprint density at radius 2 is 1.94 bits per heavy atom. The minimum absolute atomic E-state index is 0.401. The van der Waals surface area contributed by atoms with Crippen molar-refractivity contribution in [1.82, 2.24) is 0 Å². The van der Waals surface area contributed by atoms with Crippen molar-refractivity contribution in [2.24, 2.45) is 0 Å². The molecule has 1 atom stereocenters. The van der Waals surface area contributed by atoms with E-state index >= 15 is 0 Å². The SMILES string of the molecule is Cc1ccccc1[C@H](C[N+](=O)[O-])C(Cl)(Cl)Cl. The highest BCUT2D eigenvalue weighted by Gasteiger charge is 2.38. The molecule has 88 valence electrons. The second-order valence-corrected chi connectivity index (χ2v) is 5.84. The van der Waals surface area contributed by atoms with Gasteiger partial charge in [-0.15, -0.1) is 0 Å². The third-order valence-corrected chi connectivity index (χ3v) is 3.08. The molecule has 1 rings (SSSR count). The summed E-state index contributed by atoms with van der Waals surface area (Å²) in [5, 5.41) is 10.6. The van der Waals surface area contributed by atoms with Gasteiger partial charge in [0.05, 0.1) is 5.92 Å². The van der Waals surface area contributed by atoms with Gasteiger partial charge in [-0.1, -0.05) is 59.1 Å². The van der Waals surface area contributed by atoms with Crippen LogP contribution in [0.25, 0.3) is 0 Å². The number of alkyl halides is 3. The van der Waals surface area contributed by atoms with Gasteiger partial charge in [-0.3, -0.25) is 10.1 Å². The van der Waals surface area contributed by atoms with Gasteiger partial charge in [-0.05, 0) is 18.1 Å². The van der Waals surface area contributed by atoms with E-state index in [0.29, 0.717) is 5.56 Å². The van der Waals surface area contributed by atoms with Crippen LogP contribution < -0.4 is 0 Å². The third kappa shape index (κ3) is 3.51. The second kappa shape index (κ2) is 5.21. The Hall–Kier alpha value is -0.510. The van der Waals surface area contributed by atoms with Gasteiger partial charge in [-0.25, -0.2) is 0 Å². The number of rotatable bonds is 3. The summed E-state index contributed by atoms with van der Waals surface area (Å²) in [6.45, 7) is 1.43. The molecule has 1 aromatic rings. The number of hydrogen-bond donors (Lipinski definition) is 0. The number of nitrogens with zero attached hydrogens (tertiary/aromatic N) is 1. The summed E-state index contributed by atoms with van der Waals surface area (Å²) in [7, 11) is 0. The minimum Gasteiger partial charge on any atom is -0.265 e. The van der Waals surface area contributed by atoms with Gasteiger partial charge in [0.2, 0.25) is 10.3 Å². The smallest absolute Gasteiger partial charge is 0.214 e. The van der Waals surface area contributed by atoms with Crippen molar-refractivity contribution in [3.63, 3.8) is 0 Å². The predicted molar refractivity (Wildman–Crippen MR) is 66.1 cm³/mol. The zero-order valence-corrected chi connectivity index (χ0v) is 10.8. The van der Waals surface area contributed by atoms with Gasteiger partial charge < -0.3 is 0 Å². The largest absolute Gasteiger partial charge is 0.265 e. The van der Waals surface area contributed by atoms with Crippen LogP contribution in [-0.4, -0.2) is 15.3 Å². The molecule has 0 heterocycles. The van der Waals surface area contributed by atoms with Crippen LogP contribution in [-0.2, 0) is 0 Å². The molecule has 0 bridgehead atoms. The van der Waals surface area contributed by atoms with Crippen molar-refractivity contribution >= 4 is 34.8 Å². The van der Waals surface area contributed by atoms with E-state index in [9.17, 15) is 10.1 Å². The van der Waals surface area contributed by atoms with E-state index < -0.39 is 21.2 Å². The molecule has 6 heteroatoms. The van der Waals surface area contributed by atoms with Crippen molar-refractivity contribution in [3.8, 4) is 0 Å². The van der Waals surface area contributed by atoms with E-state index in [1.165, 1.54) is 0 Å². The average Bonchev–Trinajstić information content (AvgIpc) is 2.13. The molecule has 0 spiro atoms. The lowest BCUT2D eigenvalue weighted by Gasteiger charge is -2.22. The first-order valence-corrected chi connectivity index (χ1v) is 5.70. The minimum atomic E-state index is -1.68. The maximum Gasteiger partial charge on any atom is 0.214 e. The normalized spacial score (nSPS) is 13.5. The van der Waals surface area contributed by atoms with Gasteiger partial charge in [0, 0.05) is 4.92 Å². The molecule has 0 aliphatic rings. The Morgan fingerprint density at radius 1 is 1.38 bits per heavy atom. The molecule has 0 amide bonds. The lowest BCUT2D eigenvalue weighted by molar-refractivity contribution is -0.483. The van der Waals surface area contributed by atoms with Crippen molar-refractivity contribution in [2.45, 2.75) is 16.6 Å². The summed E-state index contributed by atoms with van der Waals surface area (Å²) in [4.78, 5) is 10.1. The van der Waals surface area contributed by atoms with Crippen molar-refractivity contribution in [1.29, 1.82) is 0 Å². The number of aryl methyl sites for hydroxylation is 1. The highest BCUT2D eigenvalue weighted by molar-refractivity contribution is 6.68. The van der Waals surface area contributed by atoms with Crippen LogP contribution in [0, 0.1) is 17.0 Å². The van der Waals surface area contributed by atoms with Gasteiger partial charge in [0.15, 0.2) is 0 Å². The van der Waals surface area contributed by atoms with E-state index in [-0.39, 0.29) is 0 Å². The predicted octanol–water partition coefficient (Wildman–Crippen LogP) is 3.73. The molecule has 16 heavy (non-hydrogen) atoms. The molecular weight excluding hydrogens is 272 g/mol. The Bertz CT molecular complexity index is 390. The average molecular weight is 283 g/mol. The van der Waals surface area contributed by atoms with Crippen molar-refractivity contribution < 1.29 is 4.92 Å². The molecule has 0 radical (unpaired) electrons. The molecule has 0 saturated heterocycles.